The van der Waals surface area contributed by atoms with Crippen LogP contribution in [0.3, 0.4) is 0 Å². The molecule has 0 spiro atoms. The molecule has 5 nitrogen and oxygen atoms in total. The molecular formula is C20H29N3O2S. The number of hydrogen-bond acceptors (Lipinski definition) is 4. The first kappa shape index (κ1) is 18.0. The van der Waals surface area contributed by atoms with Crippen LogP contribution in [0.15, 0.2) is 0 Å². The van der Waals surface area contributed by atoms with Gasteiger partial charge in [-0.25, -0.2) is 4.98 Å². The third kappa shape index (κ3) is 2.96. The number of carbonyl (C=O) groups is 2. The van der Waals surface area contributed by atoms with E-state index in [1.54, 1.807) is 18.3 Å². The number of carbonyl (C=O) groups excluding carboxylic acids is 2. The lowest BCUT2D eigenvalue weighted by molar-refractivity contribution is -0.153. The zero-order valence-electron chi connectivity index (χ0n) is 16.1. The Bertz CT molecular complexity index is 742. The molecule has 1 aromatic heterocycles. The highest BCUT2D eigenvalue weighted by Gasteiger charge is 2.60. The lowest BCUT2D eigenvalue weighted by atomic mass is 9.46. The van der Waals surface area contributed by atoms with Crippen molar-refractivity contribution in [2.24, 2.45) is 17.3 Å². The number of rotatable bonds is 4. The topological polar surface area (TPSA) is 71.1 Å². The Labute approximate surface area is 159 Å². The highest BCUT2D eigenvalue weighted by Crippen LogP contribution is 2.61. The third-order valence-corrected chi connectivity index (χ3v) is 7.92. The monoisotopic (exact) mass is 375 g/mol. The van der Waals surface area contributed by atoms with Crippen LogP contribution in [0.1, 0.15) is 74.0 Å². The molecule has 4 aliphatic rings. The van der Waals surface area contributed by atoms with Crippen LogP contribution in [0, 0.1) is 31.1 Å². The minimum absolute atomic E-state index is 0.0154. The summed E-state index contributed by atoms with van der Waals surface area (Å²) >= 11 is 1.67. The van der Waals surface area contributed by atoms with Gasteiger partial charge in [0, 0.05) is 17.3 Å². The summed E-state index contributed by atoms with van der Waals surface area (Å²) in [6.07, 6.45) is 6.06. The number of aryl methyl sites for hydroxylation is 2. The Morgan fingerprint density at radius 3 is 2.38 bits per heavy atom. The van der Waals surface area contributed by atoms with E-state index in [1.807, 2.05) is 13.8 Å². The van der Waals surface area contributed by atoms with E-state index in [2.05, 4.69) is 22.5 Å². The van der Waals surface area contributed by atoms with Crippen molar-refractivity contribution in [2.45, 2.75) is 77.8 Å². The molecule has 1 heterocycles. The van der Waals surface area contributed by atoms with Crippen molar-refractivity contribution < 1.29 is 9.59 Å². The van der Waals surface area contributed by atoms with Gasteiger partial charge in [-0.1, -0.05) is 0 Å². The van der Waals surface area contributed by atoms with E-state index < -0.39 is 0 Å². The van der Waals surface area contributed by atoms with Crippen molar-refractivity contribution >= 4 is 23.2 Å². The van der Waals surface area contributed by atoms with Crippen LogP contribution < -0.4 is 10.6 Å². The molecule has 0 aliphatic heterocycles. The molecule has 3 atom stereocenters. The van der Waals surface area contributed by atoms with Gasteiger partial charge in [-0.3, -0.25) is 9.59 Å². The van der Waals surface area contributed by atoms with Gasteiger partial charge < -0.3 is 10.6 Å². The summed E-state index contributed by atoms with van der Waals surface area (Å²) in [4.78, 5) is 30.8. The molecule has 2 N–H and O–H groups in total. The standard InChI is InChI=1S/C20H29N3O2S/c1-11-17(26-14(4)21-11)12(2)22-18(25)19-6-15-5-16(7-19)9-20(8-15,10-19)23-13(3)24/h12,15-16H,5-10H2,1-4H3,(H,22,25)(H,23,24). The lowest BCUT2D eigenvalue weighted by Crippen LogP contribution is -2.65. The van der Waals surface area contributed by atoms with E-state index in [9.17, 15) is 9.59 Å². The van der Waals surface area contributed by atoms with Gasteiger partial charge in [0.05, 0.1) is 22.2 Å². The Balaban J connectivity index is 1.55. The first-order valence-electron chi connectivity index (χ1n) is 9.74. The SMILES string of the molecule is CC(=O)NC12CC3CC(C1)CC(C(=O)NC(C)c1sc(C)nc1C)(C3)C2. The van der Waals surface area contributed by atoms with Gasteiger partial charge in [0.15, 0.2) is 0 Å². The molecule has 3 unspecified atom stereocenters. The predicted octanol–water partition coefficient (Wildman–Crippen LogP) is 3.41. The second-order valence-electron chi connectivity index (χ2n) is 9.08. The summed E-state index contributed by atoms with van der Waals surface area (Å²) in [6.45, 7) is 7.67. The number of nitrogens with zero attached hydrogens (tertiary/aromatic N) is 1. The minimum atomic E-state index is -0.311. The predicted molar refractivity (Wildman–Crippen MR) is 102 cm³/mol. The summed E-state index contributed by atoms with van der Waals surface area (Å²) in [7, 11) is 0. The van der Waals surface area contributed by atoms with E-state index in [-0.39, 0.29) is 28.8 Å². The van der Waals surface area contributed by atoms with Crippen LogP contribution in [0.5, 0.6) is 0 Å². The number of aromatic nitrogens is 1. The smallest absolute Gasteiger partial charge is 0.226 e. The quantitative estimate of drug-likeness (QED) is 0.847. The molecule has 26 heavy (non-hydrogen) atoms. The fourth-order valence-corrected chi connectivity index (χ4v) is 7.34. The van der Waals surface area contributed by atoms with E-state index in [0.717, 1.165) is 47.7 Å². The number of amides is 2. The van der Waals surface area contributed by atoms with Crippen molar-refractivity contribution in [3.05, 3.63) is 15.6 Å². The zero-order valence-corrected chi connectivity index (χ0v) is 17.0. The summed E-state index contributed by atoms with van der Waals surface area (Å²) < 4.78 is 0. The first-order valence-corrected chi connectivity index (χ1v) is 10.6. The molecule has 6 heteroatoms. The molecule has 0 saturated heterocycles. The Morgan fingerprint density at radius 1 is 1.19 bits per heavy atom. The molecule has 5 rings (SSSR count). The molecule has 1 aromatic rings. The molecule has 4 fully saturated rings. The van der Waals surface area contributed by atoms with Crippen molar-refractivity contribution in [3.8, 4) is 0 Å². The summed E-state index contributed by atoms with van der Waals surface area (Å²) in [5, 5.41) is 7.57. The van der Waals surface area contributed by atoms with Crippen molar-refractivity contribution in [3.63, 3.8) is 0 Å². The van der Waals surface area contributed by atoms with Gasteiger partial charge in [0.2, 0.25) is 11.8 Å². The molecule has 4 bridgehead atoms. The molecule has 0 aromatic carbocycles. The summed E-state index contributed by atoms with van der Waals surface area (Å²) in [5.41, 5.74) is 0.544. The second kappa shape index (κ2) is 6.04. The molecule has 4 aliphatic carbocycles. The van der Waals surface area contributed by atoms with Crippen LogP contribution in [0.4, 0.5) is 0 Å². The van der Waals surface area contributed by atoms with Gasteiger partial charge in [-0.05, 0) is 71.1 Å². The number of thiazole rings is 1. The average Bonchev–Trinajstić information content (AvgIpc) is 2.83. The minimum Gasteiger partial charge on any atom is -0.351 e. The lowest BCUT2D eigenvalue weighted by Gasteiger charge is -2.61. The van der Waals surface area contributed by atoms with E-state index in [4.69, 9.17) is 0 Å². The molecular weight excluding hydrogens is 346 g/mol. The van der Waals surface area contributed by atoms with Crippen molar-refractivity contribution in [1.29, 1.82) is 0 Å². The molecule has 4 saturated carbocycles. The van der Waals surface area contributed by atoms with Crippen LogP contribution in [0.25, 0.3) is 0 Å². The highest BCUT2D eigenvalue weighted by molar-refractivity contribution is 7.11. The van der Waals surface area contributed by atoms with Gasteiger partial charge in [-0.15, -0.1) is 11.3 Å². The van der Waals surface area contributed by atoms with Crippen molar-refractivity contribution in [1.82, 2.24) is 15.6 Å². The maximum atomic E-state index is 13.4. The third-order valence-electron chi connectivity index (χ3n) is 6.66. The average molecular weight is 376 g/mol. The zero-order chi connectivity index (χ0) is 18.7. The van der Waals surface area contributed by atoms with Gasteiger partial charge in [-0.2, -0.15) is 0 Å². The fraction of sp³-hybridized carbons (Fsp3) is 0.750. The van der Waals surface area contributed by atoms with Gasteiger partial charge in [0.1, 0.15) is 0 Å². The highest BCUT2D eigenvalue weighted by atomic mass is 32.1. The Hall–Kier alpha value is -1.43. The van der Waals surface area contributed by atoms with Gasteiger partial charge in [0.25, 0.3) is 0 Å². The molecule has 142 valence electrons. The van der Waals surface area contributed by atoms with Crippen LogP contribution in [0.2, 0.25) is 0 Å². The van der Waals surface area contributed by atoms with E-state index >= 15 is 0 Å². The fourth-order valence-electron chi connectivity index (χ4n) is 6.41. The maximum absolute atomic E-state index is 13.4. The van der Waals surface area contributed by atoms with Crippen LogP contribution in [-0.2, 0) is 9.59 Å². The Kier molecular flexibility index (Phi) is 4.17. The molecule has 2 amide bonds. The number of nitrogens with one attached hydrogen (secondary N) is 2. The van der Waals surface area contributed by atoms with E-state index in [1.165, 1.54) is 6.42 Å². The van der Waals surface area contributed by atoms with E-state index in [0.29, 0.717) is 11.8 Å². The van der Waals surface area contributed by atoms with Gasteiger partial charge >= 0.3 is 0 Å². The Morgan fingerprint density at radius 2 is 1.85 bits per heavy atom. The summed E-state index contributed by atoms with van der Waals surface area (Å²) in [5.74, 6) is 1.35. The maximum Gasteiger partial charge on any atom is 0.226 e. The first-order chi connectivity index (χ1) is 12.2. The largest absolute Gasteiger partial charge is 0.351 e. The normalized spacial score (nSPS) is 36.0. The van der Waals surface area contributed by atoms with Crippen molar-refractivity contribution in [2.75, 3.05) is 0 Å². The van der Waals surface area contributed by atoms with Crippen LogP contribution >= 0.6 is 11.3 Å². The number of hydrogen-bond donors (Lipinski definition) is 2. The molecule has 0 radical (unpaired) electrons. The summed E-state index contributed by atoms with van der Waals surface area (Å²) in [6, 6.07) is -0.0154. The van der Waals surface area contributed by atoms with Crippen LogP contribution in [-0.4, -0.2) is 22.3 Å². The second-order valence-corrected chi connectivity index (χ2v) is 10.3.